The second-order valence-electron chi connectivity index (χ2n) is 4.37. The monoisotopic (exact) mass is 237 g/mol. The predicted octanol–water partition coefficient (Wildman–Crippen LogP) is 2.08. The third-order valence-corrected chi connectivity index (χ3v) is 2.67. The molecular formula is C13H19NO3. The van der Waals surface area contributed by atoms with Crippen LogP contribution < -0.4 is 0 Å². The van der Waals surface area contributed by atoms with E-state index in [1.54, 1.807) is 12.1 Å². The number of hydrogen-bond donors (Lipinski definition) is 2. The topological polar surface area (TPSA) is 60.8 Å². The van der Waals surface area contributed by atoms with Crippen LogP contribution in [0, 0.1) is 0 Å². The lowest BCUT2D eigenvalue weighted by atomic mass is 10.1. The Morgan fingerprint density at radius 3 is 2.35 bits per heavy atom. The molecule has 1 rings (SSSR count). The number of rotatable bonds is 6. The average Bonchev–Trinajstić information content (AvgIpc) is 2.26. The van der Waals surface area contributed by atoms with E-state index in [0.717, 1.165) is 5.56 Å². The number of carbonyl (C=O) groups is 1. The maximum absolute atomic E-state index is 10.6. The summed E-state index contributed by atoms with van der Waals surface area (Å²) in [6.07, 6.45) is 0.149. The van der Waals surface area contributed by atoms with Crippen molar-refractivity contribution in [3.05, 3.63) is 29.8 Å². The van der Waals surface area contributed by atoms with Gasteiger partial charge in [-0.15, -0.1) is 0 Å². The molecule has 0 aliphatic rings. The van der Waals surface area contributed by atoms with Gasteiger partial charge in [0.2, 0.25) is 0 Å². The third-order valence-electron chi connectivity index (χ3n) is 2.67. The molecular weight excluding hydrogens is 218 g/mol. The third kappa shape index (κ3) is 4.87. The highest BCUT2D eigenvalue weighted by Gasteiger charge is 2.11. The molecule has 0 aliphatic heterocycles. The van der Waals surface area contributed by atoms with E-state index < -0.39 is 5.97 Å². The Morgan fingerprint density at radius 2 is 1.88 bits per heavy atom. The number of phenolic OH excluding ortho intramolecular Hbond substituents is 1. The molecule has 0 aromatic heterocycles. The highest BCUT2D eigenvalue weighted by atomic mass is 16.4. The summed E-state index contributed by atoms with van der Waals surface area (Å²) in [4.78, 5) is 12.7. The Balaban J connectivity index is 2.60. The van der Waals surface area contributed by atoms with Crippen molar-refractivity contribution in [3.8, 4) is 5.75 Å². The Hall–Kier alpha value is -1.55. The van der Waals surface area contributed by atoms with Crippen LogP contribution in [0.3, 0.4) is 0 Å². The first kappa shape index (κ1) is 13.5. The lowest BCUT2D eigenvalue weighted by Gasteiger charge is -2.25. The Labute approximate surface area is 101 Å². The van der Waals surface area contributed by atoms with E-state index in [1.165, 1.54) is 0 Å². The van der Waals surface area contributed by atoms with Crippen LogP contribution in [0.2, 0.25) is 0 Å². The zero-order chi connectivity index (χ0) is 12.8. The minimum Gasteiger partial charge on any atom is -0.508 e. The van der Waals surface area contributed by atoms with Crippen LogP contribution >= 0.6 is 0 Å². The fourth-order valence-corrected chi connectivity index (χ4v) is 1.59. The molecule has 0 unspecified atom stereocenters. The molecule has 0 aliphatic carbocycles. The number of aliphatic carboxylic acids is 1. The molecule has 17 heavy (non-hydrogen) atoms. The van der Waals surface area contributed by atoms with Crippen molar-refractivity contribution in [3.63, 3.8) is 0 Å². The molecule has 4 heteroatoms. The summed E-state index contributed by atoms with van der Waals surface area (Å²) >= 11 is 0. The first-order valence-electron chi connectivity index (χ1n) is 5.73. The summed E-state index contributed by atoms with van der Waals surface area (Å²) in [5.41, 5.74) is 1.07. The fraction of sp³-hybridized carbons (Fsp3) is 0.462. The lowest BCUT2D eigenvalue weighted by Crippen LogP contribution is -2.32. The van der Waals surface area contributed by atoms with Gasteiger partial charge in [-0.1, -0.05) is 12.1 Å². The Bertz CT molecular complexity index is 359. The van der Waals surface area contributed by atoms with Gasteiger partial charge >= 0.3 is 5.97 Å². The van der Waals surface area contributed by atoms with Crippen LogP contribution in [0.4, 0.5) is 0 Å². The fourth-order valence-electron chi connectivity index (χ4n) is 1.59. The summed E-state index contributed by atoms with van der Waals surface area (Å²) in [5, 5.41) is 17.9. The largest absolute Gasteiger partial charge is 0.508 e. The molecule has 0 radical (unpaired) electrons. The van der Waals surface area contributed by atoms with Crippen LogP contribution in [0.25, 0.3) is 0 Å². The zero-order valence-corrected chi connectivity index (χ0v) is 10.3. The van der Waals surface area contributed by atoms with Gasteiger partial charge in [-0.3, -0.25) is 9.69 Å². The summed E-state index contributed by atoms with van der Waals surface area (Å²) < 4.78 is 0. The van der Waals surface area contributed by atoms with Gasteiger partial charge in [0.15, 0.2) is 0 Å². The summed E-state index contributed by atoms with van der Waals surface area (Å²) in [5.74, 6) is -0.531. The molecule has 1 aromatic rings. The quantitative estimate of drug-likeness (QED) is 0.795. The van der Waals surface area contributed by atoms with Crippen LogP contribution in [0.15, 0.2) is 24.3 Å². The van der Waals surface area contributed by atoms with E-state index in [9.17, 15) is 9.90 Å². The van der Waals surface area contributed by atoms with E-state index >= 15 is 0 Å². The van der Waals surface area contributed by atoms with E-state index in [-0.39, 0.29) is 12.2 Å². The van der Waals surface area contributed by atoms with E-state index in [1.807, 2.05) is 26.0 Å². The van der Waals surface area contributed by atoms with Gasteiger partial charge in [-0.2, -0.15) is 0 Å². The molecule has 0 bridgehead atoms. The second kappa shape index (κ2) is 6.25. The highest BCUT2D eigenvalue weighted by Crippen LogP contribution is 2.13. The molecule has 0 fully saturated rings. The van der Waals surface area contributed by atoms with Gasteiger partial charge in [-0.25, -0.2) is 0 Å². The van der Waals surface area contributed by atoms with Gasteiger partial charge < -0.3 is 10.2 Å². The molecule has 2 N–H and O–H groups in total. The minimum atomic E-state index is -0.777. The predicted molar refractivity (Wildman–Crippen MR) is 65.9 cm³/mol. The molecule has 94 valence electrons. The number of carboxylic acid groups (broad SMARTS) is 1. The van der Waals surface area contributed by atoms with Gasteiger partial charge in [0.1, 0.15) is 5.75 Å². The molecule has 0 heterocycles. The van der Waals surface area contributed by atoms with E-state index in [2.05, 4.69) is 4.90 Å². The van der Waals surface area contributed by atoms with Gasteiger partial charge in [0.05, 0.1) is 6.42 Å². The minimum absolute atomic E-state index is 0.149. The zero-order valence-electron chi connectivity index (χ0n) is 10.3. The van der Waals surface area contributed by atoms with Crippen LogP contribution in [-0.4, -0.2) is 33.7 Å². The molecule has 0 atom stereocenters. The van der Waals surface area contributed by atoms with Crippen LogP contribution in [0.1, 0.15) is 25.8 Å². The maximum Gasteiger partial charge on any atom is 0.304 e. The first-order valence-corrected chi connectivity index (χ1v) is 5.73. The molecule has 4 nitrogen and oxygen atoms in total. The summed E-state index contributed by atoms with van der Waals surface area (Å²) in [6, 6.07) is 7.29. The highest BCUT2D eigenvalue weighted by molar-refractivity contribution is 5.66. The Morgan fingerprint density at radius 1 is 1.29 bits per heavy atom. The number of nitrogens with zero attached hydrogens (tertiary/aromatic N) is 1. The first-order chi connectivity index (χ1) is 7.99. The van der Waals surface area contributed by atoms with E-state index in [0.29, 0.717) is 19.1 Å². The van der Waals surface area contributed by atoms with Crippen molar-refractivity contribution in [2.24, 2.45) is 0 Å². The number of carboxylic acids is 1. The Kier molecular flexibility index (Phi) is 4.97. The second-order valence-corrected chi connectivity index (χ2v) is 4.37. The van der Waals surface area contributed by atoms with Crippen molar-refractivity contribution in [1.29, 1.82) is 0 Å². The molecule has 0 amide bonds. The van der Waals surface area contributed by atoms with Crippen molar-refractivity contribution < 1.29 is 15.0 Å². The van der Waals surface area contributed by atoms with Crippen LogP contribution in [-0.2, 0) is 11.3 Å². The number of hydrogen-bond acceptors (Lipinski definition) is 3. The molecule has 0 saturated carbocycles. The average molecular weight is 237 g/mol. The molecule has 0 spiro atoms. The van der Waals surface area contributed by atoms with Crippen molar-refractivity contribution in [2.75, 3.05) is 6.54 Å². The number of phenols is 1. The summed E-state index contributed by atoms with van der Waals surface area (Å²) in [7, 11) is 0. The van der Waals surface area contributed by atoms with Gasteiger partial charge in [0, 0.05) is 19.1 Å². The SMILES string of the molecule is CC(C)N(CCC(=O)O)Cc1ccc(O)cc1. The summed E-state index contributed by atoms with van der Waals surface area (Å²) in [6.45, 7) is 5.32. The smallest absolute Gasteiger partial charge is 0.304 e. The van der Waals surface area contributed by atoms with Crippen molar-refractivity contribution >= 4 is 5.97 Å². The van der Waals surface area contributed by atoms with Gasteiger partial charge in [0.25, 0.3) is 0 Å². The van der Waals surface area contributed by atoms with Crippen molar-refractivity contribution in [1.82, 2.24) is 4.90 Å². The number of benzene rings is 1. The van der Waals surface area contributed by atoms with E-state index in [4.69, 9.17) is 5.11 Å². The standard InChI is InChI=1S/C13H19NO3/c1-10(2)14(8-7-13(16)17)9-11-3-5-12(15)6-4-11/h3-6,10,15H,7-9H2,1-2H3,(H,16,17). The van der Waals surface area contributed by atoms with Crippen molar-refractivity contribution in [2.45, 2.75) is 32.9 Å². The number of aromatic hydroxyl groups is 1. The molecule has 0 saturated heterocycles. The maximum atomic E-state index is 10.6. The van der Waals surface area contributed by atoms with Crippen LogP contribution in [0.5, 0.6) is 5.75 Å². The normalized spacial score (nSPS) is 11.1. The van der Waals surface area contributed by atoms with Gasteiger partial charge in [-0.05, 0) is 31.5 Å². The lowest BCUT2D eigenvalue weighted by molar-refractivity contribution is -0.137. The molecule has 1 aromatic carbocycles.